The Labute approximate surface area is 254 Å². The number of anilines is 6. The van der Waals surface area contributed by atoms with Crippen molar-refractivity contribution < 1.29 is 19.2 Å². The van der Waals surface area contributed by atoms with Gasteiger partial charge in [0.05, 0.1) is 22.7 Å². The van der Waals surface area contributed by atoms with Crippen molar-refractivity contribution in [1.82, 2.24) is 0 Å². The van der Waals surface area contributed by atoms with Crippen molar-refractivity contribution in [1.29, 1.82) is 0 Å². The molecule has 0 saturated carbocycles. The highest BCUT2D eigenvalue weighted by atomic mass is 35.5. The molecule has 0 saturated heterocycles. The first-order valence-corrected chi connectivity index (χ1v) is 12.7. The Hall–Kier alpha value is -5.06. The molecule has 0 spiro atoms. The van der Waals surface area contributed by atoms with Gasteiger partial charge >= 0.3 is 0 Å². The van der Waals surface area contributed by atoms with Crippen molar-refractivity contribution in [3.63, 3.8) is 0 Å². The van der Waals surface area contributed by atoms with Crippen molar-refractivity contribution in [3.8, 4) is 0 Å². The summed E-state index contributed by atoms with van der Waals surface area (Å²) in [7, 11) is 0. The first-order valence-electron chi connectivity index (χ1n) is 12.3. The summed E-state index contributed by atoms with van der Waals surface area (Å²) in [4.78, 5) is 48.5. The van der Waals surface area contributed by atoms with E-state index < -0.39 is 0 Å². The van der Waals surface area contributed by atoms with Gasteiger partial charge in [-0.15, -0.1) is 12.4 Å². The van der Waals surface area contributed by atoms with Crippen LogP contribution in [0, 0.1) is 0 Å². The van der Waals surface area contributed by atoms with Gasteiger partial charge in [-0.25, -0.2) is 0 Å². The summed E-state index contributed by atoms with van der Waals surface area (Å²) in [5.74, 6) is -0.824. The number of carbonyl (C=O) groups is 4. The molecule has 4 aromatic rings. The van der Waals surface area contributed by atoms with Crippen LogP contribution in [0.4, 0.5) is 34.1 Å². The monoisotopic (exact) mass is 608 g/mol. The minimum absolute atomic E-state index is 0. The van der Waals surface area contributed by atoms with E-state index in [9.17, 15) is 19.2 Å². The van der Waals surface area contributed by atoms with Crippen molar-refractivity contribution in [2.45, 2.75) is 13.8 Å². The molecule has 0 bridgehead atoms. The van der Waals surface area contributed by atoms with E-state index in [2.05, 4.69) is 26.1 Å². The van der Waals surface area contributed by atoms with Crippen LogP contribution >= 0.6 is 24.2 Å². The molecule has 0 aliphatic rings. The molecule has 218 valence electrons. The van der Waals surface area contributed by atoms with Gasteiger partial charge in [0.15, 0.2) is 0 Å². The third-order valence-corrected chi connectivity index (χ3v) is 5.62. The second kappa shape index (κ2) is 16.3. The molecular weight excluding hydrogens is 579 g/mol. The first kappa shape index (κ1) is 33.1. The van der Waals surface area contributed by atoms with E-state index in [0.717, 1.165) is 0 Å². The van der Waals surface area contributed by atoms with Gasteiger partial charge in [0.25, 0.3) is 11.8 Å². The SMILES string of the molecule is CC(=O)Nc1ccc(C(=O)Nc2ccccc2N)cc1.CC(=O)Nc1ccc(C(=O)Nc2ccccc2NCl)cc1.Cl. The lowest BCUT2D eigenvalue weighted by Gasteiger charge is -2.10. The lowest BCUT2D eigenvalue weighted by molar-refractivity contribution is -0.115. The van der Waals surface area contributed by atoms with E-state index in [4.69, 9.17) is 17.5 Å². The fraction of sp³-hybridized carbons (Fsp3) is 0.0667. The minimum Gasteiger partial charge on any atom is -0.397 e. The lowest BCUT2D eigenvalue weighted by atomic mass is 10.2. The maximum absolute atomic E-state index is 12.1. The van der Waals surface area contributed by atoms with Crippen LogP contribution in [0.1, 0.15) is 34.6 Å². The van der Waals surface area contributed by atoms with E-state index in [1.165, 1.54) is 13.8 Å². The van der Waals surface area contributed by atoms with Crippen molar-refractivity contribution in [3.05, 3.63) is 108 Å². The highest BCUT2D eigenvalue weighted by Gasteiger charge is 2.09. The Balaban J connectivity index is 0.000000287. The molecule has 0 fully saturated rings. The van der Waals surface area contributed by atoms with Crippen molar-refractivity contribution in [2.75, 3.05) is 31.8 Å². The number of nitrogens with one attached hydrogen (secondary N) is 5. The molecule has 0 aliphatic heterocycles. The smallest absolute Gasteiger partial charge is 0.255 e. The number of nitrogens with two attached hydrogens (primary N) is 1. The molecule has 0 aliphatic carbocycles. The maximum Gasteiger partial charge on any atom is 0.255 e. The van der Waals surface area contributed by atoms with Gasteiger partial charge in [-0.2, -0.15) is 0 Å². The second-order valence-corrected chi connectivity index (χ2v) is 8.84. The summed E-state index contributed by atoms with van der Waals surface area (Å²) < 4.78 is 0. The highest BCUT2D eigenvalue weighted by molar-refractivity contribution is 6.25. The molecule has 4 amide bonds. The quantitative estimate of drug-likeness (QED) is 0.106. The van der Waals surface area contributed by atoms with Gasteiger partial charge in [-0.3, -0.25) is 24.0 Å². The van der Waals surface area contributed by atoms with Gasteiger partial charge in [0.1, 0.15) is 0 Å². The Morgan fingerprint density at radius 1 is 0.548 bits per heavy atom. The average molecular weight is 610 g/mol. The van der Waals surface area contributed by atoms with E-state index in [-0.39, 0.29) is 36.0 Å². The van der Waals surface area contributed by atoms with Crippen LogP contribution in [0.5, 0.6) is 0 Å². The third-order valence-electron chi connectivity index (χ3n) is 5.42. The summed E-state index contributed by atoms with van der Waals surface area (Å²) in [6.07, 6.45) is 0. The van der Waals surface area contributed by atoms with Crippen LogP contribution < -0.4 is 31.8 Å². The molecule has 10 nitrogen and oxygen atoms in total. The summed E-state index contributed by atoms with van der Waals surface area (Å²) in [5, 5.41) is 10.8. The van der Waals surface area contributed by atoms with E-state index in [1.54, 1.807) is 91.0 Å². The summed E-state index contributed by atoms with van der Waals surface area (Å²) in [6.45, 7) is 2.86. The van der Waals surface area contributed by atoms with Crippen LogP contribution in [-0.2, 0) is 9.59 Å². The van der Waals surface area contributed by atoms with Gasteiger partial charge in [-0.1, -0.05) is 24.3 Å². The molecule has 0 aromatic heterocycles. The topological polar surface area (TPSA) is 154 Å². The van der Waals surface area contributed by atoms with Crippen molar-refractivity contribution in [2.24, 2.45) is 0 Å². The molecule has 4 aromatic carbocycles. The fourth-order valence-electron chi connectivity index (χ4n) is 3.49. The molecule has 7 N–H and O–H groups in total. The van der Waals surface area contributed by atoms with Gasteiger partial charge in [0.2, 0.25) is 11.8 Å². The molecule has 0 radical (unpaired) electrons. The Bertz CT molecular complexity index is 1530. The van der Waals surface area contributed by atoms with Gasteiger partial charge in [-0.05, 0) is 72.8 Å². The van der Waals surface area contributed by atoms with Gasteiger partial charge in [0, 0.05) is 48.1 Å². The van der Waals surface area contributed by atoms with E-state index in [0.29, 0.717) is 45.3 Å². The summed E-state index contributed by atoms with van der Waals surface area (Å²) in [6, 6.07) is 27.4. The number of hydrogen-bond acceptors (Lipinski definition) is 6. The number of benzene rings is 4. The Morgan fingerprint density at radius 2 is 0.929 bits per heavy atom. The predicted molar refractivity (Wildman–Crippen MR) is 171 cm³/mol. The predicted octanol–water partition coefficient (Wildman–Crippen LogP) is 6.36. The molecule has 4 rings (SSSR count). The standard InChI is InChI=1S/C15H14ClN3O2.C15H15N3O2.ClH/c1-10(20)17-12-8-6-11(7-9-12)15(21)18-13-4-2-3-5-14(13)19-16;1-10(19)17-12-8-6-11(7-9-12)15(20)18-14-5-3-2-4-13(14)16;/h2-9,19H,1H3,(H,17,20)(H,18,21);2-9H,16H2,1H3,(H,17,19)(H,18,20);1H. The molecule has 12 heteroatoms. The number of hydrogen-bond donors (Lipinski definition) is 6. The third kappa shape index (κ3) is 10.2. The molecule has 0 unspecified atom stereocenters. The molecule has 42 heavy (non-hydrogen) atoms. The summed E-state index contributed by atoms with van der Waals surface area (Å²) >= 11 is 5.59. The molecular formula is C30H30Cl2N6O4. The largest absolute Gasteiger partial charge is 0.397 e. The number of rotatable bonds is 7. The summed E-state index contributed by atoms with van der Waals surface area (Å²) in [5.41, 5.74) is 10.3. The fourth-order valence-corrected chi connectivity index (χ4v) is 3.66. The second-order valence-electron chi connectivity index (χ2n) is 8.65. The van der Waals surface area contributed by atoms with E-state index in [1.807, 2.05) is 6.07 Å². The Kier molecular flexibility index (Phi) is 12.8. The van der Waals surface area contributed by atoms with Crippen LogP contribution in [-0.4, -0.2) is 23.6 Å². The zero-order valence-electron chi connectivity index (χ0n) is 22.7. The zero-order valence-corrected chi connectivity index (χ0v) is 24.3. The van der Waals surface area contributed by atoms with Crippen LogP contribution in [0.25, 0.3) is 0 Å². The van der Waals surface area contributed by atoms with Crippen LogP contribution in [0.2, 0.25) is 0 Å². The number of amides is 4. The molecule has 0 heterocycles. The molecule has 0 atom stereocenters. The minimum atomic E-state index is -0.260. The number of para-hydroxylation sites is 4. The highest BCUT2D eigenvalue weighted by Crippen LogP contribution is 2.23. The van der Waals surface area contributed by atoms with Crippen LogP contribution in [0.3, 0.4) is 0 Å². The lowest BCUT2D eigenvalue weighted by Crippen LogP contribution is -2.13. The van der Waals surface area contributed by atoms with E-state index >= 15 is 0 Å². The normalized spacial score (nSPS) is 9.60. The van der Waals surface area contributed by atoms with Crippen LogP contribution in [0.15, 0.2) is 97.1 Å². The number of nitrogen functional groups attached to an aromatic ring is 1. The number of halogens is 2. The first-order chi connectivity index (χ1) is 19.7. The average Bonchev–Trinajstić information content (AvgIpc) is 2.95. The van der Waals surface area contributed by atoms with Crippen molar-refractivity contribution >= 4 is 81.9 Å². The van der Waals surface area contributed by atoms with Gasteiger partial charge < -0.3 is 27.0 Å². The zero-order chi connectivity index (χ0) is 29.8. The number of carbonyl (C=O) groups excluding carboxylic acids is 4. The maximum atomic E-state index is 12.1. The Morgan fingerprint density at radius 3 is 1.33 bits per heavy atom.